The molecular formula is C17H24O3. The van der Waals surface area contributed by atoms with E-state index in [-0.39, 0.29) is 17.5 Å². The average molecular weight is 276 g/mol. The Morgan fingerprint density at radius 1 is 1.05 bits per heavy atom. The second-order valence-electron chi connectivity index (χ2n) is 7.38. The highest BCUT2D eigenvalue weighted by molar-refractivity contribution is 5.78. The summed E-state index contributed by atoms with van der Waals surface area (Å²) >= 11 is 0. The number of epoxide rings is 1. The van der Waals surface area contributed by atoms with Crippen LogP contribution in [0.4, 0.5) is 0 Å². The molecule has 0 saturated carbocycles. The predicted octanol–water partition coefficient (Wildman–Crippen LogP) is 3.77. The topological polar surface area (TPSA) is 38.8 Å². The Balaban J connectivity index is 2.00. The molecule has 20 heavy (non-hydrogen) atoms. The van der Waals surface area contributed by atoms with Gasteiger partial charge in [-0.2, -0.15) is 0 Å². The molecule has 0 spiro atoms. The largest absolute Gasteiger partial charge is 0.458 e. The third-order valence-electron chi connectivity index (χ3n) is 3.24. The third-order valence-corrected chi connectivity index (χ3v) is 3.24. The van der Waals surface area contributed by atoms with Gasteiger partial charge >= 0.3 is 5.97 Å². The number of carbonyl (C=O) groups excluding carboxylic acids is 1. The highest BCUT2D eigenvalue weighted by Gasteiger charge is 2.48. The maximum absolute atomic E-state index is 11.9. The van der Waals surface area contributed by atoms with E-state index >= 15 is 0 Å². The Hall–Kier alpha value is -1.35. The molecule has 0 aromatic heterocycles. The van der Waals surface area contributed by atoms with Crippen LogP contribution < -0.4 is 0 Å². The van der Waals surface area contributed by atoms with E-state index in [2.05, 4.69) is 32.9 Å². The van der Waals surface area contributed by atoms with Gasteiger partial charge in [0.25, 0.3) is 0 Å². The fraction of sp³-hybridized carbons (Fsp3) is 0.588. The van der Waals surface area contributed by atoms with E-state index < -0.39 is 11.7 Å². The van der Waals surface area contributed by atoms with Crippen LogP contribution >= 0.6 is 0 Å². The number of carbonyl (C=O) groups is 1. The molecule has 2 atom stereocenters. The van der Waals surface area contributed by atoms with Crippen molar-refractivity contribution in [3.05, 3.63) is 35.4 Å². The maximum atomic E-state index is 11.9. The number of hydrogen-bond donors (Lipinski definition) is 0. The second kappa shape index (κ2) is 4.88. The molecule has 1 aliphatic rings. The van der Waals surface area contributed by atoms with E-state index in [1.807, 2.05) is 32.9 Å². The zero-order chi connectivity index (χ0) is 15.1. The molecule has 1 saturated heterocycles. The summed E-state index contributed by atoms with van der Waals surface area (Å²) in [6, 6.07) is 8.28. The summed E-state index contributed by atoms with van der Waals surface area (Å²) in [6.45, 7) is 12.1. The van der Waals surface area contributed by atoms with Crippen LogP contribution in [0.3, 0.4) is 0 Å². The van der Waals surface area contributed by atoms with Crippen LogP contribution in [0.5, 0.6) is 0 Å². The minimum absolute atomic E-state index is 0.132. The normalized spacial score (nSPS) is 22.5. The monoisotopic (exact) mass is 276 g/mol. The molecule has 1 aromatic carbocycles. The highest BCUT2D eigenvalue weighted by Crippen LogP contribution is 2.40. The van der Waals surface area contributed by atoms with E-state index in [9.17, 15) is 4.79 Å². The summed E-state index contributed by atoms with van der Waals surface area (Å²) in [5, 5.41) is 0. The van der Waals surface area contributed by atoms with Crippen molar-refractivity contribution < 1.29 is 14.3 Å². The Bertz CT molecular complexity index is 488. The molecule has 3 heteroatoms. The summed E-state index contributed by atoms with van der Waals surface area (Å²) < 4.78 is 10.8. The molecule has 1 aliphatic heterocycles. The first kappa shape index (κ1) is 15.0. The van der Waals surface area contributed by atoms with Crippen LogP contribution in [-0.2, 0) is 19.7 Å². The molecule has 2 rings (SSSR count). The lowest BCUT2D eigenvalue weighted by Gasteiger charge is -2.19. The molecular weight excluding hydrogens is 252 g/mol. The van der Waals surface area contributed by atoms with Crippen molar-refractivity contribution in [2.75, 3.05) is 0 Å². The second-order valence-corrected chi connectivity index (χ2v) is 7.38. The van der Waals surface area contributed by atoms with Gasteiger partial charge in [-0.1, -0.05) is 45.0 Å². The van der Waals surface area contributed by atoms with Crippen LogP contribution in [0.25, 0.3) is 0 Å². The van der Waals surface area contributed by atoms with Crippen molar-refractivity contribution in [1.29, 1.82) is 0 Å². The van der Waals surface area contributed by atoms with Crippen molar-refractivity contribution in [3.8, 4) is 0 Å². The molecule has 110 valence electrons. The highest BCUT2D eigenvalue weighted by atomic mass is 16.6. The maximum Gasteiger partial charge on any atom is 0.338 e. The summed E-state index contributed by atoms with van der Waals surface area (Å²) in [7, 11) is 0. The molecule has 0 amide bonds. The third kappa shape index (κ3) is 3.60. The fourth-order valence-corrected chi connectivity index (χ4v) is 2.08. The van der Waals surface area contributed by atoms with Gasteiger partial charge in [0.1, 0.15) is 11.7 Å². The van der Waals surface area contributed by atoms with Gasteiger partial charge in [0, 0.05) is 0 Å². The van der Waals surface area contributed by atoms with Gasteiger partial charge in [0.2, 0.25) is 0 Å². The minimum Gasteiger partial charge on any atom is -0.458 e. The molecule has 1 fully saturated rings. The van der Waals surface area contributed by atoms with Crippen molar-refractivity contribution in [3.63, 3.8) is 0 Å². The van der Waals surface area contributed by atoms with Crippen molar-refractivity contribution in [1.82, 2.24) is 0 Å². The van der Waals surface area contributed by atoms with Crippen molar-refractivity contribution in [2.24, 2.45) is 0 Å². The van der Waals surface area contributed by atoms with Gasteiger partial charge in [0.15, 0.2) is 6.10 Å². The van der Waals surface area contributed by atoms with Gasteiger partial charge in [-0.3, -0.25) is 0 Å². The Kier molecular flexibility index (Phi) is 3.67. The Morgan fingerprint density at radius 3 is 2.05 bits per heavy atom. The van der Waals surface area contributed by atoms with E-state index in [1.54, 1.807) is 0 Å². The predicted molar refractivity (Wildman–Crippen MR) is 78.6 cm³/mol. The quantitative estimate of drug-likeness (QED) is 0.609. The van der Waals surface area contributed by atoms with Crippen molar-refractivity contribution in [2.45, 2.75) is 64.8 Å². The van der Waals surface area contributed by atoms with Gasteiger partial charge in [0.05, 0.1) is 0 Å². The molecule has 0 bridgehead atoms. The van der Waals surface area contributed by atoms with Crippen molar-refractivity contribution >= 4 is 5.97 Å². The minimum atomic E-state index is -0.469. The first-order valence-electron chi connectivity index (χ1n) is 7.07. The summed E-state index contributed by atoms with van der Waals surface area (Å²) in [5.41, 5.74) is 1.97. The fourth-order valence-electron chi connectivity index (χ4n) is 2.08. The number of esters is 1. The summed E-state index contributed by atoms with van der Waals surface area (Å²) in [6.07, 6.45) is -0.603. The average Bonchev–Trinajstić information content (AvgIpc) is 3.05. The molecule has 0 unspecified atom stereocenters. The van der Waals surface area contributed by atoms with Crippen LogP contribution in [0.1, 0.15) is 58.8 Å². The Labute approximate surface area is 121 Å². The van der Waals surface area contributed by atoms with Crippen LogP contribution in [0.15, 0.2) is 24.3 Å². The smallest absolute Gasteiger partial charge is 0.338 e. The van der Waals surface area contributed by atoms with Gasteiger partial charge in [-0.15, -0.1) is 0 Å². The Morgan fingerprint density at radius 2 is 1.60 bits per heavy atom. The summed E-state index contributed by atoms with van der Waals surface area (Å²) in [4.78, 5) is 11.9. The number of rotatable bonds is 2. The van der Waals surface area contributed by atoms with Crippen LogP contribution in [0, 0.1) is 0 Å². The lowest BCUT2D eigenvalue weighted by atomic mass is 9.86. The standard InChI is InChI=1S/C17H24O3/c1-16(2,3)12-9-7-11(8-10-12)13-14(19-13)15(18)20-17(4,5)6/h7-10,13-14H,1-6H3/t13-,14+/m1/s1. The van der Waals surface area contributed by atoms with Crippen LogP contribution in [0.2, 0.25) is 0 Å². The molecule has 0 radical (unpaired) electrons. The first-order valence-corrected chi connectivity index (χ1v) is 7.07. The van der Waals surface area contributed by atoms with Gasteiger partial charge in [-0.25, -0.2) is 4.79 Å². The number of benzene rings is 1. The van der Waals surface area contributed by atoms with Gasteiger partial charge < -0.3 is 9.47 Å². The molecule has 0 aliphatic carbocycles. The SMILES string of the molecule is CC(C)(C)OC(=O)[C@H]1O[C@@H]1c1ccc(C(C)(C)C)cc1. The van der Waals surface area contributed by atoms with E-state index in [0.717, 1.165) is 5.56 Å². The zero-order valence-electron chi connectivity index (χ0n) is 13.2. The van der Waals surface area contributed by atoms with E-state index in [4.69, 9.17) is 9.47 Å². The molecule has 1 aromatic rings. The summed E-state index contributed by atoms with van der Waals surface area (Å²) in [5.74, 6) is -0.276. The van der Waals surface area contributed by atoms with Crippen LogP contribution in [-0.4, -0.2) is 17.7 Å². The first-order chi connectivity index (χ1) is 9.08. The zero-order valence-corrected chi connectivity index (χ0v) is 13.2. The lowest BCUT2D eigenvalue weighted by molar-refractivity contribution is -0.156. The van der Waals surface area contributed by atoms with Gasteiger partial charge in [-0.05, 0) is 37.3 Å². The van der Waals surface area contributed by atoms with E-state index in [0.29, 0.717) is 0 Å². The van der Waals surface area contributed by atoms with E-state index in [1.165, 1.54) is 5.56 Å². The molecule has 3 nitrogen and oxygen atoms in total. The molecule has 0 N–H and O–H groups in total. The molecule has 1 heterocycles. The number of ether oxygens (including phenoxy) is 2. The lowest BCUT2D eigenvalue weighted by Crippen LogP contribution is -2.26. The number of hydrogen-bond acceptors (Lipinski definition) is 3.